The number of amides is 1. The zero-order chi connectivity index (χ0) is 13.9. The van der Waals surface area contributed by atoms with E-state index in [0.717, 1.165) is 44.1 Å². The second-order valence-corrected chi connectivity index (χ2v) is 6.84. The van der Waals surface area contributed by atoms with Crippen molar-refractivity contribution in [1.82, 2.24) is 9.80 Å². The standard InChI is InChI=1S/C17H28N2O/c1-2-17(20)19-11-9-18(10-12-19)16-8-7-14-5-3-4-6-15(14)13-16/h2,14-16H,1,3-13H2. The van der Waals surface area contributed by atoms with Gasteiger partial charge in [0.2, 0.25) is 5.91 Å². The number of carbonyl (C=O) groups excluding carboxylic acids is 1. The quantitative estimate of drug-likeness (QED) is 0.724. The van der Waals surface area contributed by atoms with Crippen LogP contribution in [-0.2, 0) is 4.79 Å². The van der Waals surface area contributed by atoms with Crippen molar-refractivity contribution in [3.05, 3.63) is 12.7 Å². The molecule has 20 heavy (non-hydrogen) atoms. The molecule has 0 aromatic rings. The van der Waals surface area contributed by atoms with Crippen LogP contribution < -0.4 is 0 Å². The van der Waals surface area contributed by atoms with E-state index in [1.807, 2.05) is 4.90 Å². The molecule has 3 atom stereocenters. The number of rotatable bonds is 2. The molecular formula is C17H28N2O. The van der Waals surface area contributed by atoms with E-state index in [0.29, 0.717) is 0 Å². The summed E-state index contributed by atoms with van der Waals surface area (Å²) in [4.78, 5) is 16.2. The summed E-state index contributed by atoms with van der Waals surface area (Å²) in [6.07, 6.45) is 11.6. The first-order valence-corrected chi connectivity index (χ1v) is 8.43. The minimum Gasteiger partial charge on any atom is -0.337 e. The van der Waals surface area contributed by atoms with Gasteiger partial charge in [-0.2, -0.15) is 0 Å². The minimum absolute atomic E-state index is 0.0978. The predicted octanol–water partition coefficient (Wildman–Crippen LogP) is 2.68. The molecule has 3 nitrogen and oxygen atoms in total. The van der Waals surface area contributed by atoms with Gasteiger partial charge in [0.1, 0.15) is 0 Å². The zero-order valence-corrected chi connectivity index (χ0v) is 12.6. The topological polar surface area (TPSA) is 23.6 Å². The van der Waals surface area contributed by atoms with Crippen LogP contribution in [0.4, 0.5) is 0 Å². The van der Waals surface area contributed by atoms with Gasteiger partial charge in [-0.1, -0.05) is 32.3 Å². The monoisotopic (exact) mass is 276 g/mol. The average molecular weight is 276 g/mol. The maximum absolute atomic E-state index is 11.6. The molecule has 3 heteroatoms. The number of carbonyl (C=O) groups is 1. The summed E-state index contributed by atoms with van der Waals surface area (Å²) in [6, 6.07) is 0.787. The molecule has 112 valence electrons. The Labute approximate surface area is 123 Å². The van der Waals surface area contributed by atoms with Crippen LogP contribution in [0.2, 0.25) is 0 Å². The molecule has 0 aromatic heterocycles. The van der Waals surface area contributed by atoms with Crippen LogP contribution >= 0.6 is 0 Å². The Morgan fingerprint density at radius 2 is 1.65 bits per heavy atom. The van der Waals surface area contributed by atoms with Crippen LogP contribution in [0.25, 0.3) is 0 Å². The van der Waals surface area contributed by atoms with Gasteiger partial charge in [-0.15, -0.1) is 0 Å². The highest BCUT2D eigenvalue weighted by Crippen LogP contribution is 2.41. The zero-order valence-electron chi connectivity index (χ0n) is 12.6. The van der Waals surface area contributed by atoms with Gasteiger partial charge in [-0.05, 0) is 37.2 Å². The molecule has 3 unspecified atom stereocenters. The molecule has 0 radical (unpaired) electrons. The largest absolute Gasteiger partial charge is 0.337 e. The highest BCUT2D eigenvalue weighted by Gasteiger charge is 2.35. The van der Waals surface area contributed by atoms with E-state index in [2.05, 4.69) is 11.5 Å². The van der Waals surface area contributed by atoms with E-state index >= 15 is 0 Å². The number of hydrogen-bond donors (Lipinski definition) is 0. The van der Waals surface area contributed by atoms with Gasteiger partial charge in [0.25, 0.3) is 0 Å². The maximum Gasteiger partial charge on any atom is 0.246 e. The lowest BCUT2D eigenvalue weighted by molar-refractivity contribution is -0.128. The lowest BCUT2D eigenvalue weighted by Gasteiger charge is -2.45. The Morgan fingerprint density at radius 1 is 0.950 bits per heavy atom. The summed E-state index contributed by atoms with van der Waals surface area (Å²) in [7, 11) is 0. The van der Waals surface area contributed by atoms with Crippen LogP contribution in [0.5, 0.6) is 0 Å². The van der Waals surface area contributed by atoms with Gasteiger partial charge in [-0.3, -0.25) is 9.69 Å². The minimum atomic E-state index is 0.0978. The van der Waals surface area contributed by atoms with Crippen molar-refractivity contribution in [1.29, 1.82) is 0 Å². The number of fused-ring (bicyclic) bond motifs is 1. The molecule has 1 amide bonds. The number of piperazine rings is 1. The van der Waals surface area contributed by atoms with E-state index in [9.17, 15) is 4.79 Å². The molecule has 0 aromatic carbocycles. The van der Waals surface area contributed by atoms with Gasteiger partial charge >= 0.3 is 0 Å². The molecule has 3 fully saturated rings. The SMILES string of the molecule is C=CC(=O)N1CCN(C2CCC3CCCCC3C2)CC1. The molecule has 1 heterocycles. The summed E-state index contributed by atoms with van der Waals surface area (Å²) in [5.41, 5.74) is 0. The highest BCUT2D eigenvalue weighted by atomic mass is 16.2. The van der Waals surface area contributed by atoms with Crippen molar-refractivity contribution >= 4 is 5.91 Å². The molecular weight excluding hydrogens is 248 g/mol. The lowest BCUT2D eigenvalue weighted by Crippen LogP contribution is -2.53. The summed E-state index contributed by atoms with van der Waals surface area (Å²) >= 11 is 0. The molecule has 0 bridgehead atoms. The Bertz CT molecular complexity index is 360. The third-order valence-corrected chi connectivity index (χ3v) is 5.83. The van der Waals surface area contributed by atoms with Crippen LogP contribution in [0.3, 0.4) is 0 Å². The summed E-state index contributed by atoms with van der Waals surface area (Å²) in [5, 5.41) is 0. The van der Waals surface area contributed by atoms with Crippen molar-refractivity contribution in [2.45, 2.75) is 51.0 Å². The van der Waals surface area contributed by atoms with E-state index in [-0.39, 0.29) is 5.91 Å². The summed E-state index contributed by atoms with van der Waals surface area (Å²) < 4.78 is 0. The fourth-order valence-corrected chi connectivity index (χ4v) is 4.62. The van der Waals surface area contributed by atoms with E-state index < -0.39 is 0 Å². The molecule has 1 saturated heterocycles. The Balaban J connectivity index is 1.51. The van der Waals surface area contributed by atoms with Crippen LogP contribution in [0, 0.1) is 11.8 Å². The smallest absolute Gasteiger partial charge is 0.246 e. The summed E-state index contributed by atoms with van der Waals surface area (Å²) in [5.74, 6) is 2.12. The van der Waals surface area contributed by atoms with Crippen LogP contribution in [0.1, 0.15) is 44.9 Å². The normalized spacial score (nSPS) is 35.4. The second kappa shape index (κ2) is 6.30. The average Bonchev–Trinajstić information content (AvgIpc) is 2.54. The molecule has 3 aliphatic rings. The fraction of sp³-hybridized carbons (Fsp3) is 0.824. The van der Waals surface area contributed by atoms with Gasteiger partial charge in [0, 0.05) is 32.2 Å². The van der Waals surface area contributed by atoms with E-state index in [1.165, 1.54) is 51.0 Å². The van der Waals surface area contributed by atoms with E-state index in [4.69, 9.17) is 0 Å². The lowest BCUT2D eigenvalue weighted by atomic mass is 9.69. The molecule has 0 spiro atoms. The van der Waals surface area contributed by atoms with Crippen molar-refractivity contribution in [3.63, 3.8) is 0 Å². The molecule has 3 rings (SSSR count). The Hall–Kier alpha value is -0.830. The molecule has 1 aliphatic heterocycles. The van der Waals surface area contributed by atoms with Gasteiger partial charge in [0.15, 0.2) is 0 Å². The first-order chi connectivity index (χ1) is 9.78. The van der Waals surface area contributed by atoms with Gasteiger partial charge < -0.3 is 4.90 Å². The van der Waals surface area contributed by atoms with Gasteiger partial charge in [-0.25, -0.2) is 0 Å². The molecule has 2 saturated carbocycles. The number of hydrogen-bond acceptors (Lipinski definition) is 2. The van der Waals surface area contributed by atoms with Crippen molar-refractivity contribution in [2.75, 3.05) is 26.2 Å². The molecule has 0 N–H and O–H groups in total. The predicted molar refractivity (Wildman–Crippen MR) is 81.4 cm³/mol. The fourth-order valence-electron chi connectivity index (χ4n) is 4.62. The van der Waals surface area contributed by atoms with Crippen LogP contribution in [-0.4, -0.2) is 47.9 Å². The molecule has 2 aliphatic carbocycles. The Morgan fingerprint density at radius 3 is 2.35 bits per heavy atom. The first-order valence-electron chi connectivity index (χ1n) is 8.43. The van der Waals surface area contributed by atoms with Crippen molar-refractivity contribution < 1.29 is 4.79 Å². The van der Waals surface area contributed by atoms with Crippen molar-refractivity contribution in [3.8, 4) is 0 Å². The second-order valence-electron chi connectivity index (χ2n) is 6.84. The maximum atomic E-state index is 11.6. The third-order valence-electron chi connectivity index (χ3n) is 5.83. The number of nitrogens with zero attached hydrogens (tertiary/aromatic N) is 2. The van der Waals surface area contributed by atoms with Gasteiger partial charge in [0.05, 0.1) is 0 Å². The highest BCUT2D eigenvalue weighted by molar-refractivity contribution is 5.87. The van der Waals surface area contributed by atoms with Crippen molar-refractivity contribution in [2.24, 2.45) is 11.8 Å². The van der Waals surface area contributed by atoms with E-state index in [1.54, 1.807) is 0 Å². The third kappa shape index (κ3) is 2.93. The Kier molecular flexibility index (Phi) is 4.45. The van der Waals surface area contributed by atoms with Crippen LogP contribution in [0.15, 0.2) is 12.7 Å². The summed E-state index contributed by atoms with van der Waals surface area (Å²) in [6.45, 7) is 7.47. The first kappa shape index (κ1) is 14.1.